The van der Waals surface area contributed by atoms with Gasteiger partial charge in [-0.2, -0.15) is 0 Å². The Balaban J connectivity index is 1.65. The third-order valence-corrected chi connectivity index (χ3v) is 3.76. The molecule has 2 aromatic carbocycles. The van der Waals surface area contributed by atoms with Crippen molar-refractivity contribution in [1.29, 1.82) is 0 Å². The van der Waals surface area contributed by atoms with Crippen LogP contribution >= 0.6 is 0 Å². The van der Waals surface area contributed by atoms with E-state index in [1.165, 1.54) is 5.56 Å². The summed E-state index contributed by atoms with van der Waals surface area (Å²) in [5.74, 6) is 1.09. The largest absolute Gasteiger partial charge is 0.491 e. The quantitative estimate of drug-likeness (QED) is 0.734. The summed E-state index contributed by atoms with van der Waals surface area (Å²) in [5.41, 5.74) is 2.22. The summed E-state index contributed by atoms with van der Waals surface area (Å²) >= 11 is 0. The molecule has 2 N–H and O–H groups in total. The van der Waals surface area contributed by atoms with Crippen molar-refractivity contribution in [3.05, 3.63) is 59.7 Å². The zero-order valence-corrected chi connectivity index (χ0v) is 14.7. The van der Waals surface area contributed by atoms with Gasteiger partial charge >= 0.3 is 0 Å². The minimum absolute atomic E-state index is 0.0865. The molecule has 25 heavy (non-hydrogen) atoms. The van der Waals surface area contributed by atoms with E-state index in [1.807, 2.05) is 55.5 Å². The second-order valence-electron chi connectivity index (χ2n) is 5.82. The van der Waals surface area contributed by atoms with Crippen molar-refractivity contribution in [2.24, 2.45) is 0 Å². The number of amides is 1. The van der Waals surface area contributed by atoms with E-state index < -0.39 is 6.10 Å². The fourth-order valence-electron chi connectivity index (χ4n) is 2.22. The average molecular weight is 343 g/mol. The zero-order valence-electron chi connectivity index (χ0n) is 14.7. The molecule has 0 radical (unpaired) electrons. The maximum Gasteiger partial charge on any atom is 0.258 e. The molecule has 1 amide bonds. The van der Waals surface area contributed by atoms with Crippen LogP contribution in [0, 0.1) is 6.92 Å². The molecule has 134 valence electrons. The molecule has 0 aromatic heterocycles. The number of hydrogen-bond acceptors (Lipinski definition) is 4. The number of aliphatic hydroxyl groups excluding tert-OH is 1. The molecule has 2 aromatic rings. The van der Waals surface area contributed by atoms with Gasteiger partial charge in [-0.3, -0.25) is 4.79 Å². The first kappa shape index (κ1) is 18.8. The fourth-order valence-corrected chi connectivity index (χ4v) is 2.22. The fraction of sp³-hybridized carbons (Fsp3) is 0.350. The van der Waals surface area contributed by atoms with Crippen molar-refractivity contribution in [1.82, 2.24) is 5.32 Å². The lowest BCUT2D eigenvalue weighted by Gasteiger charge is -2.14. The Labute approximate surface area is 148 Å². The number of aliphatic hydroxyl groups is 1. The van der Waals surface area contributed by atoms with Gasteiger partial charge in [0.15, 0.2) is 6.61 Å². The number of carbonyl (C=O) groups is 1. The van der Waals surface area contributed by atoms with Gasteiger partial charge in [0, 0.05) is 6.54 Å². The number of hydrogen-bond donors (Lipinski definition) is 2. The van der Waals surface area contributed by atoms with Crippen LogP contribution in [0.4, 0.5) is 0 Å². The SMILES string of the molecule is CCc1ccc(OCC(=O)NCC(O)COc2ccccc2C)cc1. The van der Waals surface area contributed by atoms with Crippen LogP contribution in [0.1, 0.15) is 18.1 Å². The molecule has 0 aliphatic carbocycles. The van der Waals surface area contributed by atoms with Crippen LogP contribution in [0.25, 0.3) is 0 Å². The predicted molar refractivity (Wildman–Crippen MR) is 97.0 cm³/mol. The van der Waals surface area contributed by atoms with E-state index in [-0.39, 0.29) is 25.7 Å². The highest BCUT2D eigenvalue weighted by Crippen LogP contribution is 2.16. The molecule has 0 aliphatic heterocycles. The molecular weight excluding hydrogens is 318 g/mol. The van der Waals surface area contributed by atoms with Crippen molar-refractivity contribution in [2.45, 2.75) is 26.4 Å². The molecular formula is C20H25NO4. The lowest BCUT2D eigenvalue weighted by Crippen LogP contribution is -2.37. The Morgan fingerprint density at radius 2 is 1.84 bits per heavy atom. The summed E-state index contributed by atoms with van der Waals surface area (Å²) in [6.45, 7) is 4.16. The zero-order chi connectivity index (χ0) is 18.1. The van der Waals surface area contributed by atoms with Gasteiger partial charge in [-0.15, -0.1) is 0 Å². The summed E-state index contributed by atoms with van der Waals surface area (Å²) in [6.07, 6.45) is 0.177. The van der Waals surface area contributed by atoms with E-state index in [0.29, 0.717) is 5.75 Å². The normalized spacial score (nSPS) is 11.6. The second kappa shape index (κ2) is 9.69. The topological polar surface area (TPSA) is 67.8 Å². The molecule has 0 saturated heterocycles. The lowest BCUT2D eigenvalue weighted by molar-refractivity contribution is -0.123. The van der Waals surface area contributed by atoms with Crippen LogP contribution in [-0.2, 0) is 11.2 Å². The van der Waals surface area contributed by atoms with Gasteiger partial charge < -0.3 is 19.9 Å². The molecule has 1 atom stereocenters. The van der Waals surface area contributed by atoms with Crippen LogP contribution in [0.2, 0.25) is 0 Å². The molecule has 2 rings (SSSR count). The monoisotopic (exact) mass is 343 g/mol. The average Bonchev–Trinajstić information content (AvgIpc) is 2.64. The number of aryl methyl sites for hydroxylation is 2. The summed E-state index contributed by atoms with van der Waals surface area (Å²) in [6, 6.07) is 15.2. The highest BCUT2D eigenvalue weighted by Gasteiger charge is 2.09. The number of carbonyl (C=O) groups excluding carboxylic acids is 1. The van der Waals surface area contributed by atoms with Crippen molar-refractivity contribution in [3.63, 3.8) is 0 Å². The van der Waals surface area contributed by atoms with Gasteiger partial charge in [0.2, 0.25) is 0 Å². The van der Waals surface area contributed by atoms with Crippen molar-refractivity contribution in [3.8, 4) is 11.5 Å². The highest BCUT2D eigenvalue weighted by molar-refractivity contribution is 5.77. The van der Waals surface area contributed by atoms with Gasteiger partial charge in [0.25, 0.3) is 5.91 Å². The van der Waals surface area contributed by atoms with Crippen LogP contribution in [-0.4, -0.2) is 36.9 Å². The van der Waals surface area contributed by atoms with Crippen molar-refractivity contribution < 1.29 is 19.4 Å². The van der Waals surface area contributed by atoms with Gasteiger partial charge in [-0.25, -0.2) is 0 Å². The molecule has 0 bridgehead atoms. The third-order valence-electron chi connectivity index (χ3n) is 3.76. The number of ether oxygens (including phenoxy) is 2. The number of para-hydroxylation sites is 1. The van der Waals surface area contributed by atoms with Crippen molar-refractivity contribution in [2.75, 3.05) is 19.8 Å². The van der Waals surface area contributed by atoms with Gasteiger partial charge in [0.05, 0.1) is 0 Å². The first-order valence-corrected chi connectivity index (χ1v) is 8.43. The Morgan fingerprint density at radius 1 is 1.12 bits per heavy atom. The summed E-state index contributed by atoms with van der Waals surface area (Å²) in [7, 11) is 0. The first-order chi connectivity index (χ1) is 12.1. The Kier molecular flexibility index (Phi) is 7.29. The minimum atomic E-state index is -0.785. The van der Waals surface area contributed by atoms with Crippen LogP contribution in [0.5, 0.6) is 11.5 Å². The maximum atomic E-state index is 11.8. The smallest absolute Gasteiger partial charge is 0.258 e. The van der Waals surface area contributed by atoms with E-state index >= 15 is 0 Å². The molecule has 0 spiro atoms. The summed E-state index contributed by atoms with van der Waals surface area (Å²) in [5, 5.41) is 12.5. The van der Waals surface area contributed by atoms with Crippen LogP contribution in [0.3, 0.4) is 0 Å². The van der Waals surface area contributed by atoms with E-state index in [4.69, 9.17) is 9.47 Å². The molecule has 5 heteroatoms. The van der Waals surface area contributed by atoms with Crippen LogP contribution in [0.15, 0.2) is 48.5 Å². The number of rotatable bonds is 9. The standard InChI is InChI=1S/C20H25NO4/c1-3-16-8-10-18(11-9-16)24-14-20(23)21-12-17(22)13-25-19-7-5-4-6-15(19)2/h4-11,17,22H,3,12-14H2,1-2H3,(H,21,23). The molecule has 0 heterocycles. The Morgan fingerprint density at radius 3 is 2.52 bits per heavy atom. The molecule has 5 nitrogen and oxygen atoms in total. The minimum Gasteiger partial charge on any atom is -0.491 e. The Bertz CT molecular complexity index is 670. The van der Waals surface area contributed by atoms with E-state index in [9.17, 15) is 9.90 Å². The summed E-state index contributed by atoms with van der Waals surface area (Å²) in [4.78, 5) is 11.8. The Hall–Kier alpha value is -2.53. The second-order valence-corrected chi connectivity index (χ2v) is 5.82. The van der Waals surface area contributed by atoms with E-state index in [1.54, 1.807) is 0 Å². The molecule has 1 unspecified atom stereocenters. The number of nitrogens with one attached hydrogen (secondary N) is 1. The van der Waals surface area contributed by atoms with Crippen molar-refractivity contribution >= 4 is 5.91 Å². The first-order valence-electron chi connectivity index (χ1n) is 8.43. The molecule has 0 fully saturated rings. The molecule has 0 saturated carbocycles. The maximum absolute atomic E-state index is 11.8. The van der Waals surface area contributed by atoms with E-state index in [0.717, 1.165) is 17.7 Å². The van der Waals surface area contributed by atoms with Gasteiger partial charge in [-0.1, -0.05) is 37.3 Å². The van der Waals surface area contributed by atoms with Gasteiger partial charge in [0.1, 0.15) is 24.2 Å². The predicted octanol–water partition coefficient (Wildman–Crippen LogP) is 2.49. The molecule has 0 aliphatic rings. The summed E-state index contributed by atoms with van der Waals surface area (Å²) < 4.78 is 11.0. The van der Waals surface area contributed by atoms with Gasteiger partial charge in [-0.05, 0) is 42.7 Å². The number of benzene rings is 2. The van der Waals surface area contributed by atoms with Crippen LogP contribution < -0.4 is 14.8 Å². The van der Waals surface area contributed by atoms with E-state index in [2.05, 4.69) is 12.2 Å². The lowest BCUT2D eigenvalue weighted by atomic mass is 10.2. The third kappa shape index (κ3) is 6.47. The highest BCUT2D eigenvalue weighted by atomic mass is 16.5.